The molecule has 3 heterocycles. The lowest BCUT2D eigenvalue weighted by Crippen LogP contribution is -2.49. The highest BCUT2D eigenvalue weighted by Crippen LogP contribution is 2.32. The second kappa shape index (κ2) is 5.31. The van der Waals surface area contributed by atoms with Gasteiger partial charge < -0.3 is 14.2 Å². The number of hydrogen-bond donors (Lipinski definition) is 0. The maximum Gasteiger partial charge on any atom is 0.193 e. The molecule has 1 aromatic carbocycles. The van der Waals surface area contributed by atoms with Crippen molar-refractivity contribution in [1.29, 1.82) is 0 Å². The van der Waals surface area contributed by atoms with E-state index in [4.69, 9.17) is 14.2 Å². The monoisotopic (exact) mass is 289 g/mol. The van der Waals surface area contributed by atoms with E-state index in [0.717, 1.165) is 6.54 Å². The number of carbonyl (C=O) groups excluding carboxylic acids is 1. The highest BCUT2D eigenvalue weighted by atomic mass is 16.6. The Hall–Kier alpha value is -1.59. The summed E-state index contributed by atoms with van der Waals surface area (Å²) in [5.74, 6) is 1.40. The summed E-state index contributed by atoms with van der Waals surface area (Å²) >= 11 is 0. The lowest BCUT2D eigenvalue weighted by Gasteiger charge is -2.34. The van der Waals surface area contributed by atoms with E-state index in [1.54, 1.807) is 12.1 Å². The van der Waals surface area contributed by atoms with Crippen molar-refractivity contribution < 1.29 is 19.0 Å². The first-order valence-electron chi connectivity index (χ1n) is 7.61. The topological polar surface area (TPSA) is 48.0 Å². The molecule has 2 fully saturated rings. The standard InChI is InChI=1S/C16H19NO4/c18-16(15-9-17-5-1-2-12(17)10-21-15)11-3-4-13-14(8-11)20-7-6-19-13/h3-4,8,12,15H,1-2,5-7,9-10H2. The largest absolute Gasteiger partial charge is 0.486 e. The Kier molecular flexibility index (Phi) is 3.31. The van der Waals surface area contributed by atoms with Crippen LogP contribution in [0.25, 0.3) is 0 Å². The first-order chi connectivity index (χ1) is 10.3. The van der Waals surface area contributed by atoms with E-state index in [-0.39, 0.29) is 11.9 Å². The predicted octanol–water partition coefficient (Wildman–Crippen LogP) is 1.50. The molecule has 5 nitrogen and oxygen atoms in total. The van der Waals surface area contributed by atoms with Crippen molar-refractivity contribution in [1.82, 2.24) is 4.90 Å². The van der Waals surface area contributed by atoms with Crippen molar-refractivity contribution in [2.75, 3.05) is 32.9 Å². The predicted molar refractivity (Wildman–Crippen MR) is 76.1 cm³/mol. The summed E-state index contributed by atoms with van der Waals surface area (Å²) in [7, 11) is 0. The van der Waals surface area contributed by atoms with E-state index in [9.17, 15) is 4.79 Å². The Balaban J connectivity index is 1.52. The first-order valence-corrected chi connectivity index (χ1v) is 7.61. The number of morpholine rings is 1. The second-order valence-corrected chi connectivity index (χ2v) is 5.84. The Labute approximate surface area is 123 Å². The molecule has 0 aromatic heterocycles. The summed E-state index contributed by atoms with van der Waals surface area (Å²) in [6, 6.07) is 5.89. The smallest absolute Gasteiger partial charge is 0.193 e. The van der Waals surface area contributed by atoms with Gasteiger partial charge >= 0.3 is 0 Å². The van der Waals surface area contributed by atoms with E-state index >= 15 is 0 Å². The van der Waals surface area contributed by atoms with Crippen LogP contribution in [0.15, 0.2) is 18.2 Å². The van der Waals surface area contributed by atoms with Crippen LogP contribution in [0.3, 0.4) is 0 Å². The van der Waals surface area contributed by atoms with Crippen LogP contribution in [0.4, 0.5) is 0 Å². The van der Waals surface area contributed by atoms with E-state index in [1.807, 2.05) is 6.07 Å². The molecule has 3 aliphatic rings. The molecular formula is C16H19NO4. The molecule has 4 rings (SSSR count). The summed E-state index contributed by atoms with van der Waals surface area (Å²) in [5, 5.41) is 0. The van der Waals surface area contributed by atoms with Gasteiger partial charge in [-0.05, 0) is 37.6 Å². The molecule has 0 N–H and O–H groups in total. The summed E-state index contributed by atoms with van der Waals surface area (Å²) < 4.78 is 16.8. The average Bonchev–Trinajstić information content (AvgIpc) is 3.01. The van der Waals surface area contributed by atoms with Crippen LogP contribution in [0.2, 0.25) is 0 Å². The molecule has 0 aliphatic carbocycles. The van der Waals surface area contributed by atoms with Crippen LogP contribution in [-0.4, -0.2) is 55.7 Å². The van der Waals surface area contributed by atoms with Gasteiger partial charge in [-0.3, -0.25) is 9.69 Å². The quantitative estimate of drug-likeness (QED) is 0.772. The zero-order chi connectivity index (χ0) is 14.2. The summed E-state index contributed by atoms with van der Waals surface area (Å²) in [4.78, 5) is 15.0. The maximum atomic E-state index is 12.6. The molecule has 1 aromatic rings. The summed E-state index contributed by atoms with van der Waals surface area (Å²) in [6.45, 7) is 3.54. The Morgan fingerprint density at radius 2 is 2.05 bits per heavy atom. The number of Topliss-reactive ketones (excluding diaryl/α,β-unsaturated/α-hetero) is 1. The van der Waals surface area contributed by atoms with Gasteiger partial charge in [0.15, 0.2) is 17.3 Å². The van der Waals surface area contributed by atoms with Crippen molar-refractivity contribution in [2.24, 2.45) is 0 Å². The third-order valence-electron chi connectivity index (χ3n) is 4.51. The second-order valence-electron chi connectivity index (χ2n) is 5.84. The van der Waals surface area contributed by atoms with Crippen LogP contribution in [0.1, 0.15) is 23.2 Å². The van der Waals surface area contributed by atoms with Gasteiger partial charge in [-0.25, -0.2) is 0 Å². The lowest BCUT2D eigenvalue weighted by molar-refractivity contribution is -0.0344. The Morgan fingerprint density at radius 1 is 1.19 bits per heavy atom. The molecule has 0 bridgehead atoms. The molecule has 3 aliphatic heterocycles. The van der Waals surface area contributed by atoms with Gasteiger partial charge in [0, 0.05) is 18.2 Å². The van der Waals surface area contributed by atoms with Crippen LogP contribution in [-0.2, 0) is 4.74 Å². The molecule has 2 saturated heterocycles. The summed E-state index contributed by atoms with van der Waals surface area (Å²) in [5.41, 5.74) is 0.641. The van der Waals surface area contributed by atoms with Gasteiger partial charge in [0.1, 0.15) is 19.3 Å². The van der Waals surface area contributed by atoms with E-state index < -0.39 is 0 Å². The highest BCUT2D eigenvalue weighted by molar-refractivity contribution is 6.00. The Bertz CT molecular complexity index is 559. The number of ketones is 1. The van der Waals surface area contributed by atoms with Crippen molar-refractivity contribution in [3.05, 3.63) is 23.8 Å². The fraction of sp³-hybridized carbons (Fsp3) is 0.562. The molecule has 112 valence electrons. The minimum absolute atomic E-state index is 0.0392. The minimum atomic E-state index is -0.359. The molecule has 0 radical (unpaired) electrons. The van der Waals surface area contributed by atoms with Gasteiger partial charge in [0.2, 0.25) is 0 Å². The van der Waals surface area contributed by atoms with Crippen LogP contribution in [0.5, 0.6) is 11.5 Å². The summed E-state index contributed by atoms with van der Waals surface area (Å²) in [6.07, 6.45) is 2.03. The van der Waals surface area contributed by atoms with Crippen molar-refractivity contribution >= 4 is 5.78 Å². The molecule has 2 atom stereocenters. The SMILES string of the molecule is O=C(c1ccc2c(c1)OCCO2)C1CN2CCCC2CO1. The van der Waals surface area contributed by atoms with Gasteiger partial charge in [-0.2, -0.15) is 0 Å². The van der Waals surface area contributed by atoms with Crippen molar-refractivity contribution in [3.63, 3.8) is 0 Å². The molecule has 21 heavy (non-hydrogen) atoms. The minimum Gasteiger partial charge on any atom is -0.486 e. The molecule has 5 heteroatoms. The first kappa shape index (κ1) is 13.1. The molecule has 2 unspecified atom stereocenters. The number of hydrogen-bond acceptors (Lipinski definition) is 5. The number of carbonyl (C=O) groups is 1. The number of benzene rings is 1. The van der Waals surface area contributed by atoms with Gasteiger partial charge in [-0.1, -0.05) is 0 Å². The van der Waals surface area contributed by atoms with Gasteiger partial charge in [0.25, 0.3) is 0 Å². The lowest BCUT2D eigenvalue weighted by atomic mass is 10.0. The number of ether oxygens (including phenoxy) is 3. The van der Waals surface area contributed by atoms with Crippen LogP contribution >= 0.6 is 0 Å². The normalized spacial score (nSPS) is 28.2. The number of fused-ring (bicyclic) bond motifs is 2. The molecule has 0 amide bonds. The number of rotatable bonds is 2. The van der Waals surface area contributed by atoms with E-state index in [0.29, 0.717) is 49.5 Å². The van der Waals surface area contributed by atoms with Gasteiger partial charge in [-0.15, -0.1) is 0 Å². The van der Waals surface area contributed by atoms with Crippen LogP contribution < -0.4 is 9.47 Å². The number of nitrogens with zero attached hydrogens (tertiary/aromatic N) is 1. The van der Waals surface area contributed by atoms with Crippen LogP contribution in [0, 0.1) is 0 Å². The zero-order valence-electron chi connectivity index (χ0n) is 11.9. The third kappa shape index (κ3) is 2.40. The fourth-order valence-electron chi connectivity index (χ4n) is 3.36. The Morgan fingerprint density at radius 3 is 2.95 bits per heavy atom. The van der Waals surface area contributed by atoms with Gasteiger partial charge in [0.05, 0.1) is 6.61 Å². The maximum absolute atomic E-state index is 12.6. The molecular weight excluding hydrogens is 270 g/mol. The van der Waals surface area contributed by atoms with Crippen molar-refractivity contribution in [2.45, 2.75) is 25.0 Å². The fourth-order valence-corrected chi connectivity index (χ4v) is 3.36. The van der Waals surface area contributed by atoms with E-state index in [1.165, 1.54) is 12.8 Å². The van der Waals surface area contributed by atoms with E-state index in [2.05, 4.69) is 4.90 Å². The highest BCUT2D eigenvalue weighted by Gasteiger charge is 2.35. The molecule has 0 spiro atoms. The average molecular weight is 289 g/mol. The molecule has 0 saturated carbocycles. The zero-order valence-corrected chi connectivity index (χ0v) is 11.9. The third-order valence-corrected chi connectivity index (χ3v) is 4.51. The van der Waals surface area contributed by atoms with Crippen molar-refractivity contribution in [3.8, 4) is 11.5 Å².